The number of likely N-dealkylation sites (N-methyl/N-ethyl adjacent to an activating group) is 3. The molecule has 0 spiro atoms. The summed E-state index contributed by atoms with van der Waals surface area (Å²) in [5, 5.41) is 44.9. The number of methoxy groups -OCH3 is 1. The zero-order valence-corrected chi connectivity index (χ0v) is 76.0. The van der Waals surface area contributed by atoms with Crippen molar-refractivity contribution in [1.82, 2.24) is 77.3 Å². The highest BCUT2D eigenvalue weighted by Gasteiger charge is 2.46. The van der Waals surface area contributed by atoms with Gasteiger partial charge in [0, 0.05) is 103 Å². The van der Waals surface area contributed by atoms with E-state index in [2.05, 4.69) is 52.8 Å². The lowest BCUT2D eigenvalue weighted by molar-refractivity contribution is -0.158. The van der Waals surface area contributed by atoms with Crippen LogP contribution in [0.25, 0.3) is 10.9 Å². The number of para-hydroxylation sites is 1. The molecule has 718 valence electrons. The number of hydrogen-bond donors (Lipinski definition) is 14. The second-order valence-electron chi connectivity index (χ2n) is 33.5. The van der Waals surface area contributed by atoms with Crippen molar-refractivity contribution in [2.45, 2.75) is 189 Å². The summed E-state index contributed by atoms with van der Waals surface area (Å²) in [6.45, 7) is 2.82. The molecule has 15 amide bonds. The first kappa shape index (κ1) is 104. The number of fused-ring (bicyclic) bond motifs is 3. The number of phenols is 1. The molecular formula is C92H118F3N17O20S. The summed E-state index contributed by atoms with van der Waals surface area (Å²) < 4.78 is 56.2. The van der Waals surface area contributed by atoms with E-state index >= 15 is 51.9 Å². The first-order chi connectivity index (χ1) is 63.5. The van der Waals surface area contributed by atoms with Crippen molar-refractivity contribution in [3.63, 3.8) is 0 Å². The Bertz CT molecular complexity index is 5100. The predicted molar refractivity (Wildman–Crippen MR) is 481 cm³/mol. The number of carboxylic acid groups (broad SMARTS) is 1. The van der Waals surface area contributed by atoms with E-state index in [9.17, 15) is 48.2 Å². The van der Waals surface area contributed by atoms with Crippen LogP contribution in [0.5, 0.6) is 5.75 Å². The predicted octanol–water partition coefficient (Wildman–Crippen LogP) is 0.826. The Labute approximate surface area is 771 Å². The summed E-state index contributed by atoms with van der Waals surface area (Å²) in [5.74, 6) is -23.8. The number of H-pyrrole nitrogens is 1. The number of nitrogens with two attached hydrogens (primary N) is 2. The number of carboxylic acids is 1. The number of benzene rings is 5. The number of aromatic amines is 1. The maximum Gasteiger partial charge on any atom is 0.305 e. The number of morpholine rings is 1. The van der Waals surface area contributed by atoms with E-state index in [0.29, 0.717) is 63.5 Å². The Balaban J connectivity index is 1.13. The van der Waals surface area contributed by atoms with E-state index < -0.39 is 234 Å². The van der Waals surface area contributed by atoms with Crippen molar-refractivity contribution < 1.29 is 110 Å². The minimum atomic E-state index is -1.99. The van der Waals surface area contributed by atoms with Crippen LogP contribution in [0.4, 0.5) is 13.2 Å². The van der Waals surface area contributed by atoms with Crippen LogP contribution in [0.15, 0.2) is 128 Å². The molecule has 133 heavy (non-hydrogen) atoms. The van der Waals surface area contributed by atoms with Crippen molar-refractivity contribution in [3.05, 3.63) is 173 Å². The number of nitrogens with zero attached hydrogens (tertiary/aromatic N) is 5. The molecule has 4 heterocycles. The Morgan fingerprint density at radius 3 is 1.75 bits per heavy atom. The number of carbonyl (C=O) groups is 16. The van der Waals surface area contributed by atoms with Gasteiger partial charge in [-0.3, -0.25) is 76.7 Å². The largest absolute Gasteiger partial charge is 0.508 e. The van der Waals surface area contributed by atoms with Crippen LogP contribution in [-0.4, -0.2) is 299 Å². The maximum atomic E-state index is 15.7. The van der Waals surface area contributed by atoms with Gasteiger partial charge in [0.1, 0.15) is 84.3 Å². The zero-order chi connectivity index (χ0) is 96.9. The summed E-state index contributed by atoms with van der Waals surface area (Å²) >= 11 is 0.655. The molecule has 3 fully saturated rings. The lowest BCUT2D eigenvalue weighted by atomic mass is 9.98. The van der Waals surface area contributed by atoms with Crippen molar-refractivity contribution in [3.8, 4) is 5.75 Å². The van der Waals surface area contributed by atoms with Crippen LogP contribution in [0.1, 0.15) is 106 Å². The second-order valence-corrected chi connectivity index (χ2v) is 34.5. The fraction of sp³-hybridized carbons (Fsp3) is 0.478. The highest BCUT2D eigenvalue weighted by atomic mass is 32.2. The van der Waals surface area contributed by atoms with Gasteiger partial charge < -0.3 is 108 Å². The van der Waals surface area contributed by atoms with Crippen molar-refractivity contribution in [1.29, 1.82) is 0 Å². The third kappa shape index (κ3) is 29.0. The summed E-state index contributed by atoms with van der Waals surface area (Å²) in [5.41, 5.74) is 13.6. The van der Waals surface area contributed by atoms with E-state index in [1.54, 1.807) is 112 Å². The number of thioether (sulfide) groups is 1. The number of aliphatic carboxylic acids is 1. The van der Waals surface area contributed by atoms with Gasteiger partial charge in [-0.15, -0.1) is 11.8 Å². The van der Waals surface area contributed by atoms with Crippen LogP contribution in [0.3, 0.4) is 0 Å². The van der Waals surface area contributed by atoms with Crippen LogP contribution in [0, 0.1) is 23.4 Å². The molecule has 0 saturated carbocycles. The van der Waals surface area contributed by atoms with Crippen LogP contribution >= 0.6 is 11.8 Å². The quantitative estimate of drug-likeness (QED) is 0.0353. The highest BCUT2D eigenvalue weighted by molar-refractivity contribution is 8.00. The zero-order valence-electron chi connectivity index (χ0n) is 75.1. The number of halogens is 3. The summed E-state index contributed by atoms with van der Waals surface area (Å²) in [6.07, 6.45) is -0.811. The van der Waals surface area contributed by atoms with Crippen LogP contribution < -0.4 is 59.3 Å². The first-order valence-corrected chi connectivity index (χ1v) is 45.2. The van der Waals surface area contributed by atoms with Gasteiger partial charge in [-0.05, 0) is 109 Å². The van der Waals surface area contributed by atoms with E-state index in [0.717, 1.165) is 19.6 Å². The van der Waals surface area contributed by atoms with Crippen molar-refractivity contribution in [2.75, 3.05) is 85.8 Å². The number of rotatable bonds is 25. The van der Waals surface area contributed by atoms with Gasteiger partial charge in [0.25, 0.3) is 0 Å². The molecule has 0 unspecified atom stereocenters. The lowest BCUT2D eigenvalue weighted by Gasteiger charge is -2.40. The third-order valence-corrected chi connectivity index (χ3v) is 24.5. The van der Waals surface area contributed by atoms with Gasteiger partial charge in [0.2, 0.25) is 88.6 Å². The fourth-order valence-electron chi connectivity index (χ4n) is 16.1. The van der Waals surface area contributed by atoms with E-state index in [4.69, 9.17) is 20.9 Å². The Kier molecular flexibility index (Phi) is 39.0. The Morgan fingerprint density at radius 1 is 0.564 bits per heavy atom. The molecule has 6 aromatic rings. The topological polar surface area (TPSA) is 524 Å². The first-order valence-electron chi connectivity index (χ1n) is 44.0. The summed E-state index contributed by atoms with van der Waals surface area (Å²) in [4.78, 5) is 246. The number of amides is 15. The number of primary amides is 1. The van der Waals surface area contributed by atoms with Crippen molar-refractivity contribution in [2.24, 2.45) is 17.4 Å². The number of aromatic nitrogens is 1. The molecule has 13 atom stereocenters. The molecule has 0 aliphatic carbocycles. The Morgan fingerprint density at radius 2 is 1.12 bits per heavy atom. The molecule has 9 rings (SSSR count). The van der Waals surface area contributed by atoms with Crippen LogP contribution in [0.2, 0.25) is 0 Å². The standard InChI is InChI=1S/C92H118F3N17O20S/c1-8-9-27-71-91(129)112-36-38-132-49-74(112)87(125)105-67(46-77(116)117)84(122)107-79(52(2)3)92(130)109(5)72(43-53-20-12-10-13-21-53)86(124)102-64(26-18-34-96)89(127)111-35-19-28-70(111)85(123)104-66(45-57-47-98-62-25-17-16-24-59(57)62)83(121)103-65(41-55-29-31-58(113)32-30-55)82(120)101-63(33-37-131-7)81(119)106-69(80(118)99-48-75(97)114)50-133-51-76(115)100-68(42-56-39-60(93)78(95)61(94)40-56)88(126)110(6)73(90(128)108(71)4)44-54-22-14-11-15-23-54/h10-17,20-25,29-32,39-40,47,52,63-74,79,98,113H,8-9,18-19,26-28,33-38,41-46,48-51,96H2,1-7H3,(H2,97,114)(H,99,118)(H,100,115)(H,101,120)(H,102,124)(H,103,121)(H,104,123)(H,105,125)(H,106,119)(H,107,122)(H,116,117)/t63-,64-,65-,66-,67-,68-,69-,70+,71-,72-,73-,74+,79-/m0/s1. The van der Waals surface area contributed by atoms with Gasteiger partial charge in [0.05, 0.1) is 31.9 Å². The Hall–Kier alpha value is -13.0. The van der Waals surface area contributed by atoms with Gasteiger partial charge in [-0.25, -0.2) is 13.2 Å². The molecular weight excluding hydrogens is 1750 g/mol. The van der Waals surface area contributed by atoms with E-state index in [-0.39, 0.29) is 115 Å². The number of hydrogen-bond acceptors (Lipinski definition) is 21. The molecule has 5 aromatic carbocycles. The summed E-state index contributed by atoms with van der Waals surface area (Å²) in [6, 6.07) is 9.29. The average molecular weight is 1870 g/mol. The van der Waals surface area contributed by atoms with Crippen molar-refractivity contribution >= 4 is 117 Å². The molecule has 3 aliphatic rings. The van der Waals surface area contributed by atoms with Gasteiger partial charge in [-0.1, -0.05) is 125 Å². The lowest BCUT2D eigenvalue weighted by Crippen LogP contribution is -2.64. The van der Waals surface area contributed by atoms with E-state index in [1.165, 1.54) is 57.4 Å². The normalized spacial score (nSPS) is 23.7. The van der Waals surface area contributed by atoms with Gasteiger partial charge >= 0.3 is 5.97 Å². The number of ether oxygens (including phenoxy) is 2. The maximum absolute atomic E-state index is 15.7. The molecule has 37 nitrogen and oxygen atoms in total. The smallest absolute Gasteiger partial charge is 0.305 e. The molecule has 1 aromatic heterocycles. The fourth-order valence-corrected chi connectivity index (χ4v) is 17.0. The minimum absolute atomic E-state index is 0.0143. The monoisotopic (exact) mass is 1870 g/mol. The number of phenolic OH excluding ortho intramolecular Hbond substituents is 1. The minimum Gasteiger partial charge on any atom is -0.508 e. The number of aromatic hydroxyl groups is 1. The SMILES string of the molecule is CCCC[C@H]1C(=O)N2CCOC[C@@H]2C(=O)N[C@@H](CC(=O)O)C(=O)N[C@@H](C(C)C)C(=O)N(C)[C@@H](Cc2ccccc2)C(=O)N[C@@H](CCCN)C(=O)N2CCC[C@@H]2C(=O)N[C@@H](Cc2c[nH]c3ccccc23)C(=O)N[C@@H](Cc2ccc(O)cc2)C(=O)N[C@@H](CCOC)C(=O)N[C@H](C(=O)NCC(N)=O)CSCC(=O)N[C@@H](Cc2cc(F)c(F)c(F)c2)C(=O)N(C)[C@@H](Cc2ccccc2)C(=O)N1C. The highest BCUT2D eigenvalue weighted by Crippen LogP contribution is 2.28. The average Bonchev–Trinajstić information content (AvgIpc) is 1.24. The van der Waals surface area contributed by atoms with Gasteiger partial charge in [0.15, 0.2) is 17.5 Å². The van der Waals surface area contributed by atoms with Crippen LogP contribution in [-0.2, 0) is 118 Å². The molecule has 41 heteroatoms. The molecule has 0 radical (unpaired) electrons. The number of unbranched alkanes of at least 4 members (excludes halogenated alkanes) is 1. The summed E-state index contributed by atoms with van der Waals surface area (Å²) in [7, 11) is 5.02. The number of carbonyl (C=O) groups excluding carboxylic acids is 15. The second kappa shape index (κ2) is 50.0. The molecule has 3 saturated heterocycles. The third-order valence-electron chi connectivity index (χ3n) is 23.5. The molecule has 3 aliphatic heterocycles. The van der Waals surface area contributed by atoms with Gasteiger partial charge in [-0.2, -0.15) is 0 Å². The van der Waals surface area contributed by atoms with E-state index in [1.807, 2.05) is 0 Å². The molecule has 16 N–H and O–H groups in total. The molecule has 0 bridgehead atoms. The number of nitrogens with one attached hydrogen (secondary N) is 10.